The first kappa shape index (κ1) is 15.5. The van der Waals surface area contributed by atoms with Crippen LogP contribution in [0.15, 0.2) is 31.1 Å². The Morgan fingerprint density at radius 2 is 2.35 bits per heavy atom. The van der Waals surface area contributed by atoms with Gasteiger partial charge in [-0.05, 0) is 25.1 Å². The lowest BCUT2D eigenvalue weighted by Crippen LogP contribution is -2.33. The number of nitrogens with one attached hydrogen (secondary N) is 1. The first-order chi connectivity index (χ1) is 7.95. The molecule has 17 heavy (non-hydrogen) atoms. The van der Waals surface area contributed by atoms with Crippen molar-refractivity contribution in [2.24, 2.45) is 5.73 Å². The molecule has 0 saturated heterocycles. The molecule has 7 heteroatoms. The van der Waals surface area contributed by atoms with E-state index in [1.807, 2.05) is 13.0 Å². The molecule has 1 rings (SSSR count). The maximum Gasteiger partial charge on any atom is 0.227 e. The van der Waals surface area contributed by atoms with Gasteiger partial charge in [0, 0.05) is 12.7 Å². The van der Waals surface area contributed by atoms with Crippen LogP contribution in [0.5, 0.6) is 0 Å². The van der Waals surface area contributed by atoms with E-state index in [0.29, 0.717) is 11.4 Å². The lowest BCUT2D eigenvalue weighted by Gasteiger charge is -2.07. The van der Waals surface area contributed by atoms with E-state index in [4.69, 9.17) is 27.4 Å². The second kappa shape index (κ2) is 8.63. The van der Waals surface area contributed by atoms with Crippen LogP contribution >= 0.6 is 11.6 Å². The topological polar surface area (TPSA) is 94.1 Å². The zero-order valence-corrected chi connectivity index (χ0v) is 10.2. The maximum absolute atomic E-state index is 9.06. The maximum atomic E-state index is 9.06. The molecule has 0 aliphatic carbocycles. The third-order valence-electron chi connectivity index (χ3n) is 1.57. The van der Waals surface area contributed by atoms with Crippen molar-refractivity contribution in [2.75, 3.05) is 0 Å². The average Bonchev–Trinajstić information content (AvgIpc) is 2.29. The van der Waals surface area contributed by atoms with Gasteiger partial charge in [-0.3, -0.25) is 15.4 Å². The van der Waals surface area contributed by atoms with Crippen LogP contribution in [0.4, 0.5) is 0 Å². The van der Waals surface area contributed by atoms with Crippen LogP contribution in [0.2, 0.25) is 5.15 Å². The predicted octanol–water partition coefficient (Wildman–Crippen LogP) is 1.54. The minimum absolute atomic E-state index is 0.000628. The molecule has 3 N–H and O–H groups in total. The summed E-state index contributed by atoms with van der Waals surface area (Å²) in [5.41, 5.74) is 6.59. The van der Waals surface area contributed by atoms with Crippen molar-refractivity contribution in [1.82, 2.24) is 10.3 Å². The summed E-state index contributed by atoms with van der Waals surface area (Å²) in [6.07, 6.45) is 2.37. The van der Waals surface area contributed by atoms with E-state index in [0.717, 1.165) is 12.1 Å². The van der Waals surface area contributed by atoms with E-state index in [1.54, 1.807) is 12.3 Å². The molecular weight excluding hydrogens is 244 g/mol. The molecule has 6 nitrogen and oxygen atoms in total. The summed E-state index contributed by atoms with van der Waals surface area (Å²) in [6.45, 7) is 5.48. The monoisotopic (exact) mass is 258 g/mol. The molecule has 1 unspecified atom stereocenters. The van der Waals surface area contributed by atoms with Crippen LogP contribution in [0, 0.1) is 10.1 Å². The molecule has 0 fully saturated rings. The van der Waals surface area contributed by atoms with Gasteiger partial charge in [-0.1, -0.05) is 17.7 Å². The van der Waals surface area contributed by atoms with Gasteiger partial charge in [0.2, 0.25) is 6.20 Å². The number of nitrogens with two attached hydrogens (primary N) is 1. The fourth-order valence-electron chi connectivity index (χ4n) is 0.790. The van der Waals surface area contributed by atoms with E-state index in [2.05, 4.69) is 16.9 Å². The summed E-state index contributed by atoms with van der Waals surface area (Å²) in [4.78, 5) is 12.4. The molecule has 0 aliphatic heterocycles. The SMILES string of the molecule is C=C[N+](=O)[O-].CC(N)NCc1ccc(Cl)nc1. The molecule has 0 aliphatic rings. The van der Waals surface area contributed by atoms with E-state index in [9.17, 15) is 0 Å². The molecule has 0 aromatic carbocycles. The number of hydrogen-bond donors (Lipinski definition) is 2. The molecule has 1 heterocycles. The minimum Gasteiger partial charge on any atom is -0.316 e. The number of hydrogen-bond acceptors (Lipinski definition) is 5. The van der Waals surface area contributed by atoms with Gasteiger partial charge in [-0.2, -0.15) is 0 Å². The van der Waals surface area contributed by atoms with Crippen LogP contribution < -0.4 is 11.1 Å². The second-order valence-corrected chi connectivity index (χ2v) is 3.51. The van der Waals surface area contributed by atoms with Crippen LogP contribution in [0.25, 0.3) is 0 Å². The normalized spacial score (nSPS) is 11.0. The lowest BCUT2D eigenvalue weighted by atomic mass is 10.3. The average molecular weight is 259 g/mol. The quantitative estimate of drug-likeness (QED) is 0.370. The van der Waals surface area contributed by atoms with E-state index < -0.39 is 4.92 Å². The number of nitrogens with zero attached hydrogens (tertiary/aromatic N) is 2. The highest BCUT2D eigenvalue weighted by molar-refractivity contribution is 6.29. The third-order valence-corrected chi connectivity index (χ3v) is 1.79. The van der Waals surface area contributed by atoms with Crippen molar-refractivity contribution in [3.63, 3.8) is 0 Å². The standard InChI is InChI=1S/C8H12ClN3.C2H3NO2/c1-6(10)11-4-7-2-3-8(9)12-5-7;1-2-3(4)5/h2-3,5-6,11H,4,10H2,1H3;2H,1H2. The van der Waals surface area contributed by atoms with Crippen molar-refractivity contribution in [3.8, 4) is 0 Å². The van der Waals surface area contributed by atoms with Crippen LogP contribution in [-0.4, -0.2) is 16.1 Å². The van der Waals surface area contributed by atoms with Crippen molar-refractivity contribution < 1.29 is 4.92 Å². The molecular formula is C10H15ClN4O2. The van der Waals surface area contributed by atoms with Crippen LogP contribution in [0.1, 0.15) is 12.5 Å². The van der Waals surface area contributed by atoms with Crippen molar-refractivity contribution in [1.29, 1.82) is 0 Å². The zero-order valence-electron chi connectivity index (χ0n) is 9.47. The minimum atomic E-state index is -0.611. The Morgan fingerprint density at radius 3 is 2.71 bits per heavy atom. The fraction of sp³-hybridized carbons (Fsp3) is 0.300. The van der Waals surface area contributed by atoms with Crippen molar-refractivity contribution in [2.45, 2.75) is 19.6 Å². The highest BCUT2D eigenvalue weighted by Gasteiger charge is 1.95. The Hall–Kier alpha value is -1.50. The number of halogens is 1. The summed E-state index contributed by atoms with van der Waals surface area (Å²) < 4.78 is 0. The Balaban J connectivity index is 0.000000437. The Labute approximate surface area is 105 Å². The first-order valence-electron chi connectivity index (χ1n) is 4.81. The van der Waals surface area contributed by atoms with Crippen LogP contribution in [-0.2, 0) is 6.54 Å². The van der Waals surface area contributed by atoms with Gasteiger partial charge in [0.15, 0.2) is 0 Å². The molecule has 0 amide bonds. The molecule has 0 bridgehead atoms. The smallest absolute Gasteiger partial charge is 0.227 e. The number of pyridine rings is 1. The summed E-state index contributed by atoms with van der Waals surface area (Å²) >= 11 is 5.62. The molecule has 0 saturated carbocycles. The first-order valence-corrected chi connectivity index (χ1v) is 5.19. The van der Waals surface area contributed by atoms with Gasteiger partial charge in [-0.15, -0.1) is 0 Å². The van der Waals surface area contributed by atoms with Crippen molar-refractivity contribution >= 4 is 11.6 Å². The van der Waals surface area contributed by atoms with E-state index in [1.165, 1.54) is 0 Å². The van der Waals surface area contributed by atoms with E-state index >= 15 is 0 Å². The van der Waals surface area contributed by atoms with Gasteiger partial charge in [-0.25, -0.2) is 4.98 Å². The summed E-state index contributed by atoms with van der Waals surface area (Å²) in [6, 6.07) is 3.68. The summed E-state index contributed by atoms with van der Waals surface area (Å²) in [5.74, 6) is 0. The molecule has 1 aromatic rings. The largest absolute Gasteiger partial charge is 0.316 e. The number of aromatic nitrogens is 1. The van der Waals surface area contributed by atoms with Gasteiger partial charge in [0.25, 0.3) is 0 Å². The number of nitro groups is 1. The third kappa shape index (κ3) is 9.43. The Bertz CT molecular complexity index is 354. The van der Waals surface area contributed by atoms with Gasteiger partial charge in [0.05, 0.1) is 11.1 Å². The fourth-order valence-corrected chi connectivity index (χ4v) is 0.902. The van der Waals surface area contributed by atoms with Crippen molar-refractivity contribution in [3.05, 3.63) is 51.9 Å². The second-order valence-electron chi connectivity index (χ2n) is 3.13. The molecule has 0 spiro atoms. The number of rotatable bonds is 4. The predicted molar refractivity (Wildman–Crippen MR) is 66.9 cm³/mol. The highest BCUT2D eigenvalue weighted by Crippen LogP contribution is 2.04. The van der Waals surface area contributed by atoms with E-state index in [-0.39, 0.29) is 6.17 Å². The highest BCUT2D eigenvalue weighted by atomic mass is 35.5. The summed E-state index contributed by atoms with van der Waals surface area (Å²) in [5, 5.41) is 12.6. The molecule has 1 atom stereocenters. The molecule has 94 valence electrons. The van der Waals surface area contributed by atoms with Gasteiger partial charge < -0.3 is 5.73 Å². The lowest BCUT2D eigenvalue weighted by molar-refractivity contribution is -0.401. The Kier molecular flexibility index (Phi) is 7.87. The van der Waals surface area contributed by atoms with Crippen LogP contribution in [0.3, 0.4) is 0 Å². The van der Waals surface area contributed by atoms with Gasteiger partial charge in [0.1, 0.15) is 5.15 Å². The summed E-state index contributed by atoms with van der Waals surface area (Å²) in [7, 11) is 0. The zero-order chi connectivity index (χ0) is 13.3. The molecule has 0 radical (unpaired) electrons. The van der Waals surface area contributed by atoms with Gasteiger partial charge >= 0.3 is 0 Å². The molecule has 1 aromatic heterocycles. The Morgan fingerprint density at radius 1 is 1.76 bits per heavy atom.